The molecule has 1 aliphatic heterocycles. The van der Waals surface area contributed by atoms with E-state index >= 15 is 0 Å². The molecule has 0 fully saturated rings. The number of hydrogen-bond acceptors (Lipinski definition) is 3. The molecule has 0 atom stereocenters. The average molecular weight is 347 g/mol. The van der Waals surface area contributed by atoms with E-state index in [1.54, 1.807) is 22.9 Å². The van der Waals surface area contributed by atoms with E-state index in [1.165, 1.54) is 6.07 Å². The number of pyridine rings is 1. The summed E-state index contributed by atoms with van der Waals surface area (Å²) >= 11 is 0. The molecule has 4 rings (SSSR count). The Hall–Kier alpha value is -3.00. The van der Waals surface area contributed by atoms with Crippen molar-refractivity contribution in [2.45, 2.75) is 33.2 Å². The van der Waals surface area contributed by atoms with Gasteiger partial charge in [0, 0.05) is 24.7 Å². The largest absolute Gasteiger partial charge is 0.296 e. The van der Waals surface area contributed by atoms with E-state index in [9.17, 15) is 9.18 Å². The van der Waals surface area contributed by atoms with Crippen molar-refractivity contribution in [2.75, 3.05) is 0 Å². The monoisotopic (exact) mass is 347 g/mol. The summed E-state index contributed by atoms with van der Waals surface area (Å²) in [6.07, 6.45) is 3.23. The second-order valence-corrected chi connectivity index (χ2v) is 7.39. The Morgan fingerprint density at radius 2 is 2.08 bits per heavy atom. The molecular formula is C21H18FN3O. The molecule has 0 N–H and O–H groups in total. The van der Waals surface area contributed by atoms with E-state index in [4.69, 9.17) is 0 Å². The van der Waals surface area contributed by atoms with Crippen molar-refractivity contribution in [3.05, 3.63) is 69.8 Å². The van der Waals surface area contributed by atoms with Crippen LogP contribution >= 0.6 is 0 Å². The van der Waals surface area contributed by atoms with Crippen LogP contribution in [0.5, 0.6) is 0 Å². The first-order chi connectivity index (χ1) is 12.4. The Morgan fingerprint density at radius 1 is 1.23 bits per heavy atom. The van der Waals surface area contributed by atoms with Gasteiger partial charge in [-0.15, -0.1) is 0 Å². The van der Waals surface area contributed by atoms with Gasteiger partial charge in [0.2, 0.25) is 0 Å². The van der Waals surface area contributed by atoms with Crippen molar-refractivity contribution in [2.24, 2.45) is 5.41 Å². The number of rotatable bonds is 0. The molecule has 3 aromatic rings. The van der Waals surface area contributed by atoms with Crippen LogP contribution in [0.1, 0.15) is 37.4 Å². The van der Waals surface area contributed by atoms with Gasteiger partial charge in [-0.05, 0) is 42.0 Å². The normalized spacial score (nSPS) is 15.2. The fourth-order valence-electron chi connectivity index (χ4n) is 3.29. The summed E-state index contributed by atoms with van der Waals surface area (Å²) in [6.45, 7) is 4.88. The zero-order valence-electron chi connectivity index (χ0n) is 14.7. The molecule has 2 aromatic heterocycles. The van der Waals surface area contributed by atoms with Gasteiger partial charge in [0.25, 0.3) is 5.56 Å². The van der Waals surface area contributed by atoms with E-state index < -0.39 is 5.82 Å². The Balaban J connectivity index is 1.85. The summed E-state index contributed by atoms with van der Waals surface area (Å²) in [5.74, 6) is 5.95. The predicted molar refractivity (Wildman–Crippen MR) is 98.3 cm³/mol. The molecule has 1 aliphatic rings. The molecule has 0 radical (unpaired) electrons. The maximum absolute atomic E-state index is 14.6. The van der Waals surface area contributed by atoms with E-state index in [0.29, 0.717) is 35.6 Å². The minimum atomic E-state index is -0.578. The van der Waals surface area contributed by atoms with Crippen molar-refractivity contribution in [1.29, 1.82) is 0 Å². The van der Waals surface area contributed by atoms with Gasteiger partial charge in [0.15, 0.2) is 0 Å². The predicted octanol–water partition coefficient (Wildman–Crippen LogP) is 3.30. The first kappa shape index (κ1) is 16.5. The number of halogens is 1. The molecule has 0 amide bonds. The zero-order chi connectivity index (χ0) is 18.3. The lowest BCUT2D eigenvalue weighted by atomic mass is 9.83. The molecule has 1 aromatic carbocycles. The van der Waals surface area contributed by atoms with Gasteiger partial charge < -0.3 is 0 Å². The van der Waals surface area contributed by atoms with E-state index in [2.05, 4.69) is 35.7 Å². The maximum Gasteiger partial charge on any atom is 0.264 e. The molecule has 3 heterocycles. The summed E-state index contributed by atoms with van der Waals surface area (Å²) in [5.41, 5.74) is 1.23. The quantitative estimate of drug-likeness (QED) is 0.586. The topological polar surface area (TPSA) is 47.8 Å². The third kappa shape index (κ3) is 2.99. The van der Waals surface area contributed by atoms with Gasteiger partial charge in [-0.25, -0.2) is 14.4 Å². The maximum atomic E-state index is 14.6. The lowest BCUT2D eigenvalue weighted by Gasteiger charge is -2.31. The van der Waals surface area contributed by atoms with Crippen LogP contribution in [-0.4, -0.2) is 14.5 Å². The third-order valence-electron chi connectivity index (χ3n) is 4.74. The number of nitrogens with zero attached hydrogens (tertiary/aromatic N) is 3. The number of aromatic nitrogens is 3. The van der Waals surface area contributed by atoms with E-state index in [0.717, 1.165) is 6.42 Å². The Kier molecular flexibility index (Phi) is 3.84. The lowest BCUT2D eigenvalue weighted by Crippen LogP contribution is -2.35. The van der Waals surface area contributed by atoms with Crippen molar-refractivity contribution in [1.82, 2.24) is 14.5 Å². The van der Waals surface area contributed by atoms with Crippen LogP contribution in [0.3, 0.4) is 0 Å². The van der Waals surface area contributed by atoms with E-state index in [-0.39, 0.29) is 16.4 Å². The highest BCUT2D eigenvalue weighted by molar-refractivity contribution is 5.80. The molecule has 0 unspecified atom stereocenters. The minimum Gasteiger partial charge on any atom is -0.296 e. The first-order valence-electron chi connectivity index (χ1n) is 8.59. The summed E-state index contributed by atoms with van der Waals surface area (Å²) in [5, 5.41) is 0.0387. The molecule has 26 heavy (non-hydrogen) atoms. The van der Waals surface area contributed by atoms with Gasteiger partial charge in [0.05, 0.1) is 5.52 Å². The molecular weight excluding hydrogens is 329 g/mol. The second kappa shape index (κ2) is 6.06. The molecule has 130 valence electrons. The summed E-state index contributed by atoms with van der Waals surface area (Å²) < 4.78 is 16.2. The first-order valence-corrected chi connectivity index (χ1v) is 8.59. The lowest BCUT2D eigenvalue weighted by molar-refractivity contribution is 0.261. The molecule has 0 saturated carbocycles. The smallest absolute Gasteiger partial charge is 0.264 e. The highest BCUT2D eigenvalue weighted by Crippen LogP contribution is 2.30. The second-order valence-electron chi connectivity index (χ2n) is 7.39. The highest BCUT2D eigenvalue weighted by atomic mass is 19.1. The number of benzene rings is 1. The molecule has 0 spiro atoms. The van der Waals surface area contributed by atoms with Crippen molar-refractivity contribution in [3.63, 3.8) is 0 Å². The fraction of sp³-hybridized carbons (Fsp3) is 0.286. The minimum absolute atomic E-state index is 0.0387. The van der Waals surface area contributed by atoms with Gasteiger partial charge in [-0.3, -0.25) is 9.36 Å². The molecule has 0 saturated heterocycles. The van der Waals surface area contributed by atoms with Crippen molar-refractivity contribution in [3.8, 4) is 11.8 Å². The molecule has 5 heteroatoms. The Labute approximate surface area is 150 Å². The van der Waals surface area contributed by atoms with Gasteiger partial charge in [0.1, 0.15) is 22.7 Å². The summed E-state index contributed by atoms with van der Waals surface area (Å²) in [7, 11) is 0. The summed E-state index contributed by atoms with van der Waals surface area (Å²) in [4.78, 5) is 21.5. The molecule has 0 bridgehead atoms. The van der Waals surface area contributed by atoms with Crippen LogP contribution in [0.15, 0.2) is 41.3 Å². The van der Waals surface area contributed by atoms with Gasteiger partial charge in [-0.1, -0.05) is 25.8 Å². The van der Waals surface area contributed by atoms with Crippen LogP contribution in [0, 0.1) is 23.1 Å². The zero-order valence-corrected chi connectivity index (χ0v) is 14.7. The van der Waals surface area contributed by atoms with Crippen LogP contribution in [0.4, 0.5) is 4.39 Å². The fourth-order valence-corrected chi connectivity index (χ4v) is 3.29. The van der Waals surface area contributed by atoms with Crippen molar-refractivity contribution >= 4 is 10.9 Å². The van der Waals surface area contributed by atoms with Crippen LogP contribution in [0.2, 0.25) is 0 Å². The van der Waals surface area contributed by atoms with Crippen LogP contribution in [-0.2, 0) is 13.0 Å². The Bertz CT molecular complexity index is 1120. The molecule has 0 aliphatic carbocycles. The Morgan fingerprint density at radius 3 is 2.85 bits per heavy atom. The van der Waals surface area contributed by atoms with Crippen molar-refractivity contribution < 1.29 is 4.39 Å². The third-order valence-corrected chi connectivity index (χ3v) is 4.74. The SMILES string of the molecule is CC1(C)CCn2c(nc3cc(C#Cc4ccccn4)cc(F)c3c2=O)C1. The van der Waals surface area contributed by atoms with Crippen LogP contribution < -0.4 is 5.56 Å². The number of fused-ring (bicyclic) bond motifs is 2. The standard InChI is InChI=1S/C21H18FN3O/c1-21(2)8-10-25-18(13-21)24-17-12-14(11-16(22)19(17)20(25)26)6-7-15-5-3-4-9-23-15/h3-5,9,11-12H,8,10,13H2,1-2H3. The van der Waals surface area contributed by atoms with Crippen LogP contribution in [0.25, 0.3) is 10.9 Å². The number of hydrogen-bond donors (Lipinski definition) is 0. The van der Waals surface area contributed by atoms with E-state index in [1.807, 2.05) is 12.1 Å². The molecule has 4 nitrogen and oxygen atoms in total. The average Bonchev–Trinajstić information content (AvgIpc) is 2.59. The van der Waals surface area contributed by atoms with Gasteiger partial charge in [-0.2, -0.15) is 0 Å². The highest BCUT2D eigenvalue weighted by Gasteiger charge is 2.28. The summed E-state index contributed by atoms with van der Waals surface area (Å²) in [6, 6.07) is 8.41. The van der Waals surface area contributed by atoms with Gasteiger partial charge >= 0.3 is 0 Å².